The van der Waals surface area contributed by atoms with Gasteiger partial charge in [-0.2, -0.15) is 0 Å². The summed E-state index contributed by atoms with van der Waals surface area (Å²) in [6.07, 6.45) is 0.861. The zero-order chi connectivity index (χ0) is 15.7. The molecule has 1 aromatic carbocycles. The normalized spacial score (nSPS) is 12.0. The van der Waals surface area contributed by atoms with Crippen molar-refractivity contribution in [2.75, 3.05) is 26.4 Å². The van der Waals surface area contributed by atoms with Gasteiger partial charge in [-0.05, 0) is 31.4 Å². The molecule has 0 atom stereocenters. The minimum atomic E-state index is -3.08. The third-order valence-corrected chi connectivity index (χ3v) is 5.15. The molecule has 6 heteroatoms. The Labute approximate surface area is 126 Å². The highest BCUT2D eigenvalue weighted by Gasteiger charge is 2.23. The second kappa shape index (κ2) is 9.34. The average molecular weight is 316 g/mol. The molecule has 0 aliphatic rings. The maximum absolute atomic E-state index is 12.4. The maximum Gasteiger partial charge on any atom is 0.335 e. The molecule has 0 aliphatic carbocycles. The lowest BCUT2D eigenvalue weighted by atomic mass is 10.0. The smallest absolute Gasteiger partial charge is 0.335 e. The van der Waals surface area contributed by atoms with E-state index in [1.165, 1.54) is 0 Å². The van der Waals surface area contributed by atoms with E-state index in [-0.39, 0.29) is 25.3 Å². The van der Waals surface area contributed by atoms with E-state index in [4.69, 9.17) is 19.3 Å². The van der Waals surface area contributed by atoms with E-state index < -0.39 is 7.60 Å². The van der Waals surface area contributed by atoms with Crippen molar-refractivity contribution in [1.29, 1.82) is 0 Å². The van der Waals surface area contributed by atoms with Crippen LogP contribution in [0, 0.1) is 5.92 Å². The van der Waals surface area contributed by atoms with Crippen LogP contribution in [-0.2, 0) is 26.2 Å². The molecule has 0 radical (unpaired) electrons. The first-order valence-corrected chi connectivity index (χ1v) is 8.97. The highest BCUT2D eigenvalue weighted by molar-refractivity contribution is 7.53. The molecule has 0 fully saturated rings. The standard InChI is InChI=1S/C15H25O5P/c1-3-19-21(18,20-4-2)12-14-7-5-13(6-8-14)9-15(10-16)11-17/h5-8,15-17H,3-4,9-12H2,1-2H3. The summed E-state index contributed by atoms with van der Waals surface area (Å²) in [7, 11) is -3.08. The Morgan fingerprint density at radius 2 is 1.48 bits per heavy atom. The molecule has 0 bridgehead atoms. The van der Waals surface area contributed by atoms with E-state index in [0.29, 0.717) is 19.6 Å². The van der Waals surface area contributed by atoms with Gasteiger partial charge in [-0.15, -0.1) is 0 Å². The Morgan fingerprint density at radius 1 is 1.00 bits per heavy atom. The van der Waals surface area contributed by atoms with Crippen LogP contribution >= 0.6 is 7.60 Å². The van der Waals surface area contributed by atoms with Crippen LogP contribution in [0.1, 0.15) is 25.0 Å². The molecule has 1 aromatic rings. The summed E-state index contributed by atoms with van der Waals surface area (Å²) in [5.74, 6) is -0.145. The van der Waals surface area contributed by atoms with Crippen LogP contribution in [0.2, 0.25) is 0 Å². The van der Waals surface area contributed by atoms with Crippen molar-refractivity contribution in [1.82, 2.24) is 0 Å². The molecule has 21 heavy (non-hydrogen) atoms. The molecule has 1 rings (SSSR count). The van der Waals surface area contributed by atoms with Gasteiger partial charge in [0.2, 0.25) is 0 Å². The summed E-state index contributed by atoms with van der Waals surface area (Å²) in [6.45, 7) is 4.20. The summed E-state index contributed by atoms with van der Waals surface area (Å²) in [4.78, 5) is 0. The first kappa shape index (κ1) is 18.3. The fourth-order valence-corrected chi connectivity index (χ4v) is 3.75. The van der Waals surface area contributed by atoms with Crippen LogP contribution in [-0.4, -0.2) is 36.6 Å². The molecule has 0 saturated carbocycles. The minimum Gasteiger partial charge on any atom is -0.396 e. The molecule has 5 nitrogen and oxygen atoms in total. The lowest BCUT2D eigenvalue weighted by Crippen LogP contribution is -2.13. The third-order valence-electron chi connectivity index (χ3n) is 3.09. The lowest BCUT2D eigenvalue weighted by molar-refractivity contribution is 0.150. The largest absolute Gasteiger partial charge is 0.396 e. The summed E-state index contributed by atoms with van der Waals surface area (Å²) < 4.78 is 23.0. The maximum atomic E-state index is 12.4. The average Bonchev–Trinajstić information content (AvgIpc) is 2.47. The first-order chi connectivity index (χ1) is 10.1. The zero-order valence-corrected chi connectivity index (χ0v) is 13.6. The van der Waals surface area contributed by atoms with Gasteiger partial charge in [0.25, 0.3) is 0 Å². The number of benzene rings is 1. The summed E-state index contributed by atoms with van der Waals surface area (Å²) in [5, 5.41) is 18.2. The van der Waals surface area contributed by atoms with Gasteiger partial charge in [0.15, 0.2) is 0 Å². The molecule has 120 valence electrons. The van der Waals surface area contributed by atoms with Crippen molar-refractivity contribution in [3.8, 4) is 0 Å². The third kappa shape index (κ3) is 6.29. The molecular weight excluding hydrogens is 291 g/mol. The molecule has 0 amide bonds. The first-order valence-electron chi connectivity index (χ1n) is 7.24. The van der Waals surface area contributed by atoms with Crippen molar-refractivity contribution in [2.24, 2.45) is 5.92 Å². The highest BCUT2D eigenvalue weighted by atomic mass is 31.2. The number of aliphatic hydroxyl groups excluding tert-OH is 2. The van der Waals surface area contributed by atoms with Gasteiger partial charge in [0, 0.05) is 19.1 Å². The molecule has 0 heterocycles. The fraction of sp³-hybridized carbons (Fsp3) is 0.600. The number of hydrogen-bond donors (Lipinski definition) is 2. The second-order valence-electron chi connectivity index (χ2n) is 4.86. The van der Waals surface area contributed by atoms with Crippen molar-refractivity contribution >= 4 is 7.60 Å². The Bertz CT molecular complexity index is 432. The van der Waals surface area contributed by atoms with Crippen LogP contribution in [0.25, 0.3) is 0 Å². The molecule has 2 N–H and O–H groups in total. The van der Waals surface area contributed by atoms with Gasteiger partial charge in [-0.3, -0.25) is 4.57 Å². The Hall–Kier alpha value is -0.710. The summed E-state index contributed by atoms with van der Waals surface area (Å²) in [5.41, 5.74) is 1.91. The van der Waals surface area contributed by atoms with E-state index in [9.17, 15) is 4.57 Å². The Balaban J connectivity index is 2.70. The summed E-state index contributed by atoms with van der Waals surface area (Å²) >= 11 is 0. The predicted molar refractivity (Wildman–Crippen MR) is 82.4 cm³/mol. The van der Waals surface area contributed by atoms with Gasteiger partial charge in [-0.1, -0.05) is 24.3 Å². The quantitative estimate of drug-likeness (QED) is 0.649. The van der Waals surface area contributed by atoms with Gasteiger partial charge in [0.05, 0.1) is 19.4 Å². The van der Waals surface area contributed by atoms with Crippen LogP contribution in [0.4, 0.5) is 0 Å². The van der Waals surface area contributed by atoms with Gasteiger partial charge < -0.3 is 19.3 Å². The second-order valence-corrected chi connectivity index (χ2v) is 6.91. The van der Waals surface area contributed by atoms with E-state index in [1.54, 1.807) is 13.8 Å². The SMILES string of the molecule is CCOP(=O)(Cc1ccc(CC(CO)CO)cc1)OCC. The monoisotopic (exact) mass is 316 g/mol. The van der Waals surface area contributed by atoms with E-state index >= 15 is 0 Å². The van der Waals surface area contributed by atoms with E-state index in [2.05, 4.69) is 0 Å². The molecule has 0 aromatic heterocycles. The number of hydrogen-bond acceptors (Lipinski definition) is 5. The number of rotatable bonds is 10. The van der Waals surface area contributed by atoms with Gasteiger partial charge >= 0.3 is 7.60 Å². The molecule has 0 unspecified atom stereocenters. The van der Waals surface area contributed by atoms with Gasteiger partial charge in [-0.25, -0.2) is 0 Å². The molecule has 0 aliphatic heterocycles. The Morgan fingerprint density at radius 3 is 1.90 bits per heavy atom. The van der Waals surface area contributed by atoms with E-state index in [0.717, 1.165) is 11.1 Å². The van der Waals surface area contributed by atoms with E-state index in [1.807, 2.05) is 24.3 Å². The number of aliphatic hydroxyl groups is 2. The van der Waals surface area contributed by atoms with Crippen molar-refractivity contribution < 1.29 is 23.8 Å². The minimum absolute atomic E-state index is 0.0396. The van der Waals surface area contributed by atoms with Crippen molar-refractivity contribution in [2.45, 2.75) is 26.4 Å². The van der Waals surface area contributed by atoms with Crippen molar-refractivity contribution in [3.05, 3.63) is 35.4 Å². The zero-order valence-electron chi connectivity index (χ0n) is 12.7. The van der Waals surface area contributed by atoms with Crippen LogP contribution in [0.3, 0.4) is 0 Å². The Kier molecular flexibility index (Phi) is 8.15. The topological polar surface area (TPSA) is 76.0 Å². The van der Waals surface area contributed by atoms with Crippen LogP contribution in [0.15, 0.2) is 24.3 Å². The van der Waals surface area contributed by atoms with Crippen LogP contribution in [0.5, 0.6) is 0 Å². The summed E-state index contributed by atoms with van der Waals surface area (Å²) in [6, 6.07) is 7.59. The molecular formula is C15H25O5P. The highest BCUT2D eigenvalue weighted by Crippen LogP contribution is 2.51. The lowest BCUT2D eigenvalue weighted by Gasteiger charge is -2.17. The molecule has 0 saturated heterocycles. The van der Waals surface area contributed by atoms with Crippen LogP contribution < -0.4 is 0 Å². The fourth-order valence-electron chi connectivity index (χ4n) is 2.05. The predicted octanol–water partition coefficient (Wildman–Crippen LogP) is 2.60. The van der Waals surface area contributed by atoms with Gasteiger partial charge in [0.1, 0.15) is 0 Å². The van der Waals surface area contributed by atoms with Crippen molar-refractivity contribution in [3.63, 3.8) is 0 Å². The molecule has 0 spiro atoms.